The molecule has 5 nitrogen and oxygen atoms in total. The molecule has 0 bridgehead atoms. The standard InChI is InChI=1S/C14H25N3O2S/c1-14(2,3)20-10-11-6-4-5-8-16(11)13(19)17-9-7-15-12(17)18/h11H,4-10H2,1-3H3,(H,15,18)/t11-/m1/s1. The van der Waals surface area contributed by atoms with E-state index in [0.717, 1.165) is 25.1 Å². The van der Waals surface area contributed by atoms with E-state index in [4.69, 9.17) is 0 Å². The molecule has 2 fully saturated rings. The van der Waals surface area contributed by atoms with E-state index >= 15 is 0 Å². The van der Waals surface area contributed by atoms with E-state index in [1.54, 1.807) is 0 Å². The maximum Gasteiger partial charge on any atom is 0.328 e. The molecular formula is C14H25N3O2S. The quantitative estimate of drug-likeness (QED) is 0.852. The molecule has 0 aromatic heterocycles. The van der Waals surface area contributed by atoms with E-state index in [2.05, 4.69) is 26.1 Å². The van der Waals surface area contributed by atoms with Crippen LogP contribution in [0.5, 0.6) is 0 Å². The zero-order chi connectivity index (χ0) is 14.8. The number of amides is 4. The molecule has 2 rings (SSSR count). The largest absolute Gasteiger partial charge is 0.336 e. The third-order valence-electron chi connectivity index (χ3n) is 3.67. The lowest BCUT2D eigenvalue weighted by atomic mass is 10.0. The Morgan fingerprint density at radius 3 is 2.70 bits per heavy atom. The van der Waals surface area contributed by atoms with Gasteiger partial charge in [-0.25, -0.2) is 14.5 Å². The second-order valence-electron chi connectivity index (χ2n) is 6.43. The van der Waals surface area contributed by atoms with E-state index in [1.165, 1.54) is 11.3 Å². The van der Waals surface area contributed by atoms with Crippen LogP contribution in [0, 0.1) is 0 Å². The van der Waals surface area contributed by atoms with Crippen molar-refractivity contribution in [1.82, 2.24) is 15.1 Å². The van der Waals surface area contributed by atoms with Crippen LogP contribution in [0.3, 0.4) is 0 Å². The fourth-order valence-corrected chi connectivity index (χ4v) is 3.62. The summed E-state index contributed by atoms with van der Waals surface area (Å²) >= 11 is 1.89. The molecular weight excluding hydrogens is 274 g/mol. The van der Waals surface area contributed by atoms with Crippen molar-refractivity contribution < 1.29 is 9.59 Å². The molecule has 0 aromatic carbocycles. The molecule has 4 amide bonds. The molecule has 0 radical (unpaired) electrons. The maximum absolute atomic E-state index is 12.5. The Morgan fingerprint density at radius 1 is 1.35 bits per heavy atom. The Kier molecular flexibility index (Phi) is 4.83. The number of rotatable bonds is 2. The lowest BCUT2D eigenvalue weighted by Crippen LogP contribution is -2.52. The molecule has 2 aliphatic rings. The van der Waals surface area contributed by atoms with Crippen molar-refractivity contribution >= 4 is 23.8 Å². The van der Waals surface area contributed by atoms with Gasteiger partial charge in [0.1, 0.15) is 0 Å². The van der Waals surface area contributed by atoms with Gasteiger partial charge in [0.05, 0.1) is 0 Å². The Morgan fingerprint density at radius 2 is 2.10 bits per heavy atom. The first kappa shape index (κ1) is 15.5. The van der Waals surface area contributed by atoms with Gasteiger partial charge in [0.15, 0.2) is 0 Å². The van der Waals surface area contributed by atoms with Gasteiger partial charge in [-0.2, -0.15) is 11.8 Å². The topological polar surface area (TPSA) is 52.7 Å². The first-order valence-electron chi connectivity index (χ1n) is 7.38. The summed E-state index contributed by atoms with van der Waals surface area (Å²) in [5, 5.41) is 2.69. The second-order valence-corrected chi connectivity index (χ2v) is 8.28. The van der Waals surface area contributed by atoms with E-state index in [1.807, 2.05) is 16.7 Å². The first-order chi connectivity index (χ1) is 9.38. The number of hydrogen-bond donors (Lipinski definition) is 1. The monoisotopic (exact) mass is 299 g/mol. The minimum Gasteiger partial charge on any atom is -0.336 e. The number of nitrogens with one attached hydrogen (secondary N) is 1. The molecule has 1 N–H and O–H groups in total. The normalized spacial score (nSPS) is 23.9. The summed E-state index contributed by atoms with van der Waals surface area (Å²) in [4.78, 5) is 27.4. The molecule has 0 unspecified atom stereocenters. The number of piperidine rings is 1. The van der Waals surface area contributed by atoms with Crippen LogP contribution in [-0.4, -0.2) is 58.0 Å². The SMILES string of the molecule is CC(C)(C)SC[C@H]1CCCCN1C(=O)N1CCNC1=O. The molecule has 1 atom stereocenters. The summed E-state index contributed by atoms with van der Waals surface area (Å²) in [6.45, 7) is 8.42. The van der Waals surface area contributed by atoms with Gasteiger partial charge in [0.2, 0.25) is 0 Å². The molecule has 0 saturated carbocycles. The van der Waals surface area contributed by atoms with Crippen molar-refractivity contribution in [3.63, 3.8) is 0 Å². The van der Waals surface area contributed by atoms with Gasteiger partial charge in [0, 0.05) is 36.2 Å². The van der Waals surface area contributed by atoms with Gasteiger partial charge in [-0.05, 0) is 19.3 Å². The van der Waals surface area contributed by atoms with Gasteiger partial charge >= 0.3 is 12.1 Å². The van der Waals surface area contributed by atoms with Gasteiger partial charge < -0.3 is 10.2 Å². The lowest BCUT2D eigenvalue weighted by Gasteiger charge is -2.38. The third-order valence-corrected chi connectivity index (χ3v) is 5.09. The molecule has 0 aromatic rings. The molecule has 0 spiro atoms. The molecule has 114 valence electrons. The van der Waals surface area contributed by atoms with Crippen molar-refractivity contribution in [2.75, 3.05) is 25.4 Å². The summed E-state index contributed by atoms with van der Waals surface area (Å²) in [6, 6.07) is -0.101. The fraction of sp³-hybridized carbons (Fsp3) is 0.857. The van der Waals surface area contributed by atoms with Crippen LogP contribution < -0.4 is 5.32 Å². The highest BCUT2D eigenvalue weighted by Gasteiger charge is 2.35. The van der Waals surface area contributed by atoms with Crippen molar-refractivity contribution in [2.24, 2.45) is 0 Å². The van der Waals surface area contributed by atoms with E-state index in [0.29, 0.717) is 13.1 Å². The summed E-state index contributed by atoms with van der Waals surface area (Å²) in [6.07, 6.45) is 3.26. The van der Waals surface area contributed by atoms with Crippen LogP contribution in [0.15, 0.2) is 0 Å². The van der Waals surface area contributed by atoms with Crippen LogP contribution in [0.4, 0.5) is 9.59 Å². The zero-order valence-electron chi connectivity index (χ0n) is 12.6. The lowest BCUT2D eigenvalue weighted by molar-refractivity contribution is 0.133. The summed E-state index contributed by atoms with van der Waals surface area (Å²) in [5.41, 5.74) is 0. The van der Waals surface area contributed by atoms with Crippen LogP contribution in [0.1, 0.15) is 40.0 Å². The Balaban J connectivity index is 1.99. The van der Waals surface area contributed by atoms with Gasteiger partial charge in [-0.15, -0.1) is 0 Å². The second kappa shape index (κ2) is 6.24. The number of thioether (sulfide) groups is 1. The van der Waals surface area contributed by atoms with Crippen molar-refractivity contribution in [1.29, 1.82) is 0 Å². The number of carbonyl (C=O) groups is 2. The summed E-state index contributed by atoms with van der Waals surface area (Å²) < 4.78 is 0.206. The molecule has 2 saturated heterocycles. The number of likely N-dealkylation sites (tertiary alicyclic amines) is 1. The van der Waals surface area contributed by atoms with Crippen LogP contribution in [0.25, 0.3) is 0 Å². The van der Waals surface area contributed by atoms with E-state index in [-0.39, 0.29) is 22.9 Å². The number of hydrogen-bond acceptors (Lipinski definition) is 3. The summed E-state index contributed by atoms with van der Waals surface area (Å²) in [5.74, 6) is 0.949. The van der Waals surface area contributed by atoms with Gasteiger partial charge in [-0.3, -0.25) is 0 Å². The smallest absolute Gasteiger partial charge is 0.328 e. The van der Waals surface area contributed by atoms with Crippen molar-refractivity contribution in [2.45, 2.75) is 50.8 Å². The van der Waals surface area contributed by atoms with Crippen molar-refractivity contribution in [3.8, 4) is 0 Å². The molecule has 2 aliphatic heterocycles. The maximum atomic E-state index is 12.5. The Bertz CT molecular complexity index is 381. The number of urea groups is 2. The van der Waals surface area contributed by atoms with E-state index < -0.39 is 0 Å². The average Bonchev–Trinajstić information content (AvgIpc) is 2.81. The number of carbonyl (C=O) groups excluding carboxylic acids is 2. The Hall–Kier alpha value is -0.910. The van der Waals surface area contributed by atoms with Crippen molar-refractivity contribution in [3.05, 3.63) is 0 Å². The highest BCUT2D eigenvalue weighted by Crippen LogP contribution is 2.29. The number of nitrogens with zero attached hydrogens (tertiary/aromatic N) is 2. The number of imide groups is 1. The van der Waals surface area contributed by atoms with Gasteiger partial charge in [-0.1, -0.05) is 20.8 Å². The predicted molar refractivity (Wildman–Crippen MR) is 82.1 cm³/mol. The highest BCUT2D eigenvalue weighted by molar-refractivity contribution is 8.00. The molecule has 6 heteroatoms. The average molecular weight is 299 g/mol. The first-order valence-corrected chi connectivity index (χ1v) is 8.37. The molecule has 0 aliphatic carbocycles. The third kappa shape index (κ3) is 3.81. The Labute approximate surface area is 125 Å². The van der Waals surface area contributed by atoms with Gasteiger partial charge in [0.25, 0.3) is 0 Å². The molecule has 2 heterocycles. The fourth-order valence-electron chi connectivity index (χ4n) is 2.58. The van der Waals surface area contributed by atoms with E-state index in [9.17, 15) is 9.59 Å². The zero-order valence-corrected chi connectivity index (χ0v) is 13.5. The minimum absolute atomic E-state index is 0.112. The van der Waals surface area contributed by atoms with Crippen LogP contribution in [0.2, 0.25) is 0 Å². The van der Waals surface area contributed by atoms with Crippen LogP contribution in [-0.2, 0) is 0 Å². The van der Waals surface area contributed by atoms with Crippen LogP contribution >= 0.6 is 11.8 Å². The highest BCUT2D eigenvalue weighted by atomic mass is 32.2. The minimum atomic E-state index is -0.247. The predicted octanol–water partition coefficient (Wildman–Crippen LogP) is 2.52. The molecule has 20 heavy (non-hydrogen) atoms. The summed E-state index contributed by atoms with van der Waals surface area (Å²) in [7, 11) is 0.